The average Bonchev–Trinajstić information content (AvgIpc) is 2.13. The minimum Gasteiger partial charge on any atom is -0.461 e. The van der Waals surface area contributed by atoms with Crippen molar-refractivity contribution in [3.05, 3.63) is 10.1 Å². The van der Waals surface area contributed by atoms with E-state index in [1.807, 2.05) is 0 Å². The van der Waals surface area contributed by atoms with Crippen molar-refractivity contribution >= 4 is 11.9 Å². The van der Waals surface area contributed by atoms with Gasteiger partial charge >= 0.3 is 17.7 Å². The van der Waals surface area contributed by atoms with Gasteiger partial charge in [-0.05, 0) is 0 Å². The zero-order valence-corrected chi connectivity index (χ0v) is 6.77. The van der Waals surface area contributed by atoms with Crippen molar-refractivity contribution in [3.63, 3.8) is 0 Å². The molecule has 0 atom stereocenters. The van der Waals surface area contributed by atoms with Crippen LogP contribution in [0.25, 0.3) is 0 Å². The quantitative estimate of drug-likeness (QED) is 0.194. The molecule has 0 saturated heterocycles. The number of nitro groups is 1. The summed E-state index contributed by atoms with van der Waals surface area (Å²) in [6.07, 6.45) is 0. The highest BCUT2D eigenvalue weighted by atomic mass is 19.1. The predicted octanol–water partition coefficient (Wildman–Crippen LogP) is -0.725. The van der Waals surface area contributed by atoms with Gasteiger partial charge in [0.05, 0.1) is 19.1 Å². The van der Waals surface area contributed by atoms with Crippen LogP contribution in [-0.2, 0) is 19.1 Å². The lowest BCUT2D eigenvalue weighted by atomic mass is 10.3. The standard InChI is InChI=1S/C5H6FNO6/c1-12-3(8)5(6,7(10)11)4(9)13-2/h1-2H3. The van der Waals surface area contributed by atoms with Gasteiger partial charge < -0.3 is 9.47 Å². The highest BCUT2D eigenvalue weighted by molar-refractivity contribution is 6.01. The lowest BCUT2D eigenvalue weighted by Gasteiger charge is -2.10. The van der Waals surface area contributed by atoms with Crippen LogP contribution in [-0.4, -0.2) is 36.9 Å². The van der Waals surface area contributed by atoms with Crippen molar-refractivity contribution in [2.75, 3.05) is 14.2 Å². The maximum absolute atomic E-state index is 13.1. The van der Waals surface area contributed by atoms with Gasteiger partial charge in [-0.1, -0.05) is 0 Å². The van der Waals surface area contributed by atoms with Crippen LogP contribution in [0, 0.1) is 10.1 Å². The van der Waals surface area contributed by atoms with E-state index in [9.17, 15) is 24.1 Å². The summed E-state index contributed by atoms with van der Waals surface area (Å²) in [7, 11) is 1.42. The molecule has 0 spiro atoms. The van der Waals surface area contributed by atoms with Crippen molar-refractivity contribution in [1.82, 2.24) is 0 Å². The molecule has 13 heavy (non-hydrogen) atoms. The molecule has 8 heteroatoms. The van der Waals surface area contributed by atoms with Crippen molar-refractivity contribution in [1.29, 1.82) is 0 Å². The third kappa shape index (κ3) is 1.71. The fraction of sp³-hybridized carbons (Fsp3) is 0.600. The van der Waals surface area contributed by atoms with Crippen LogP contribution in [0.2, 0.25) is 0 Å². The summed E-state index contributed by atoms with van der Waals surface area (Å²) >= 11 is 0. The van der Waals surface area contributed by atoms with Crippen molar-refractivity contribution in [2.45, 2.75) is 5.79 Å². The van der Waals surface area contributed by atoms with Crippen LogP contribution in [0.1, 0.15) is 0 Å². The number of ether oxygens (including phenoxy) is 2. The molecule has 0 saturated carbocycles. The zero-order valence-electron chi connectivity index (χ0n) is 6.77. The maximum Gasteiger partial charge on any atom is 0.551 e. The van der Waals surface area contributed by atoms with Crippen molar-refractivity contribution in [3.8, 4) is 0 Å². The molecule has 0 rings (SSSR count). The number of hydrogen-bond donors (Lipinski definition) is 0. The number of carbonyl (C=O) groups excluding carboxylic acids is 2. The molecule has 0 aromatic carbocycles. The molecule has 0 aromatic heterocycles. The van der Waals surface area contributed by atoms with E-state index in [0.29, 0.717) is 14.2 Å². The third-order valence-electron chi connectivity index (χ3n) is 1.16. The van der Waals surface area contributed by atoms with Gasteiger partial charge in [0.2, 0.25) is 0 Å². The number of esters is 2. The molecule has 0 fully saturated rings. The summed E-state index contributed by atoms with van der Waals surface area (Å²) in [6.45, 7) is 0. The molecule has 0 aromatic rings. The van der Waals surface area contributed by atoms with Gasteiger partial charge in [-0.2, -0.15) is 0 Å². The molecule has 0 N–H and O–H groups in total. The number of alkyl halides is 1. The van der Waals surface area contributed by atoms with E-state index in [2.05, 4.69) is 9.47 Å². The van der Waals surface area contributed by atoms with E-state index in [1.165, 1.54) is 0 Å². The SMILES string of the molecule is COC(=O)C(F)(C(=O)OC)[N+](=O)[O-]. The summed E-state index contributed by atoms with van der Waals surface area (Å²) in [5, 5.41) is 10.1. The molecule has 0 bridgehead atoms. The highest BCUT2D eigenvalue weighted by Gasteiger charge is 2.63. The predicted molar refractivity (Wildman–Crippen MR) is 34.9 cm³/mol. The van der Waals surface area contributed by atoms with Crippen LogP contribution in [0.4, 0.5) is 4.39 Å². The summed E-state index contributed by atoms with van der Waals surface area (Å²) < 4.78 is 20.5. The summed E-state index contributed by atoms with van der Waals surface area (Å²) in [5.41, 5.74) is 0. The average molecular weight is 195 g/mol. The Labute approximate surface area is 71.6 Å². The van der Waals surface area contributed by atoms with E-state index in [-0.39, 0.29) is 0 Å². The molecule has 0 aliphatic rings. The lowest BCUT2D eigenvalue weighted by molar-refractivity contribution is -0.573. The molecule has 0 amide bonds. The number of hydrogen-bond acceptors (Lipinski definition) is 6. The van der Waals surface area contributed by atoms with E-state index in [4.69, 9.17) is 0 Å². The fourth-order valence-electron chi connectivity index (χ4n) is 0.503. The van der Waals surface area contributed by atoms with E-state index >= 15 is 0 Å². The Morgan fingerprint density at radius 1 is 1.31 bits per heavy atom. The normalized spacial score (nSPS) is 10.4. The molecule has 7 nitrogen and oxygen atoms in total. The van der Waals surface area contributed by atoms with E-state index < -0.39 is 22.7 Å². The van der Waals surface area contributed by atoms with E-state index in [1.54, 1.807) is 0 Å². The molecular weight excluding hydrogens is 189 g/mol. The number of rotatable bonds is 3. The fourth-order valence-corrected chi connectivity index (χ4v) is 0.503. The zero-order chi connectivity index (χ0) is 10.6. The van der Waals surface area contributed by atoms with Gasteiger partial charge in [-0.3, -0.25) is 10.1 Å². The van der Waals surface area contributed by atoms with Crippen LogP contribution in [0.5, 0.6) is 0 Å². The first kappa shape index (κ1) is 11.3. The summed E-state index contributed by atoms with van der Waals surface area (Å²) in [5.74, 6) is -7.84. The van der Waals surface area contributed by atoms with Crippen LogP contribution >= 0.6 is 0 Å². The minimum absolute atomic E-state index is 0.711. The first-order valence-electron chi connectivity index (χ1n) is 2.91. The largest absolute Gasteiger partial charge is 0.551 e. The topological polar surface area (TPSA) is 95.7 Å². The maximum atomic E-state index is 13.1. The van der Waals surface area contributed by atoms with Gasteiger partial charge in [0, 0.05) is 0 Å². The first-order valence-corrected chi connectivity index (χ1v) is 2.91. The minimum atomic E-state index is -3.98. The summed E-state index contributed by atoms with van der Waals surface area (Å²) in [4.78, 5) is 29.4. The molecule has 0 heterocycles. The number of methoxy groups -OCH3 is 2. The molecule has 0 unspecified atom stereocenters. The van der Waals surface area contributed by atoms with Gasteiger partial charge in [0.25, 0.3) is 0 Å². The monoisotopic (exact) mass is 195 g/mol. The van der Waals surface area contributed by atoms with Gasteiger partial charge in [-0.25, -0.2) is 9.59 Å². The highest BCUT2D eigenvalue weighted by Crippen LogP contribution is 2.15. The molecule has 0 aliphatic carbocycles. The van der Waals surface area contributed by atoms with Gasteiger partial charge in [-0.15, -0.1) is 4.39 Å². The van der Waals surface area contributed by atoms with Crippen LogP contribution in [0.15, 0.2) is 0 Å². The Bertz CT molecular complexity index is 235. The number of halogens is 1. The molecule has 0 aliphatic heterocycles. The lowest BCUT2D eigenvalue weighted by Crippen LogP contribution is -2.50. The van der Waals surface area contributed by atoms with Crippen molar-refractivity contribution < 1.29 is 28.4 Å². The molecular formula is C5H6FNO6. The molecule has 74 valence electrons. The Morgan fingerprint density at radius 3 is 1.77 bits per heavy atom. The third-order valence-corrected chi connectivity index (χ3v) is 1.16. The second-order valence-corrected chi connectivity index (χ2v) is 1.86. The smallest absolute Gasteiger partial charge is 0.461 e. The molecule has 0 radical (unpaired) electrons. The van der Waals surface area contributed by atoms with E-state index in [0.717, 1.165) is 0 Å². The van der Waals surface area contributed by atoms with Gasteiger partial charge in [0.1, 0.15) is 0 Å². The van der Waals surface area contributed by atoms with Crippen LogP contribution < -0.4 is 0 Å². The summed E-state index contributed by atoms with van der Waals surface area (Å²) in [6, 6.07) is 0. The first-order chi connectivity index (χ1) is 5.91. The Hall–Kier alpha value is -1.73. The van der Waals surface area contributed by atoms with Crippen LogP contribution in [0.3, 0.4) is 0 Å². The van der Waals surface area contributed by atoms with Crippen molar-refractivity contribution in [2.24, 2.45) is 0 Å². The Kier molecular flexibility index (Phi) is 3.28. The van der Waals surface area contributed by atoms with Gasteiger partial charge in [0.15, 0.2) is 0 Å². The second kappa shape index (κ2) is 3.78. The second-order valence-electron chi connectivity index (χ2n) is 1.86. The number of carbonyl (C=O) groups is 2. The Balaban J connectivity index is 5.06. The Morgan fingerprint density at radius 2 is 1.62 bits per heavy atom. The number of nitrogens with zero attached hydrogens (tertiary/aromatic N) is 1.